The summed E-state index contributed by atoms with van der Waals surface area (Å²) in [4.78, 5) is 17.0. The van der Waals surface area contributed by atoms with Crippen molar-refractivity contribution in [2.75, 3.05) is 31.1 Å². The van der Waals surface area contributed by atoms with E-state index in [1.807, 2.05) is 13.1 Å². The van der Waals surface area contributed by atoms with Crippen LogP contribution >= 0.6 is 0 Å². The van der Waals surface area contributed by atoms with E-state index in [1.165, 1.54) is 6.39 Å². The molecule has 1 aliphatic heterocycles. The van der Waals surface area contributed by atoms with Gasteiger partial charge in [0.1, 0.15) is 12.1 Å². The average molecular weight is 260 g/mol. The molecule has 0 spiro atoms. The van der Waals surface area contributed by atoms with Crippen LogP contribution in [-0.2, 0) is 6.54 Å². The molecule has 3 rings (SSSR count). The third kappa shape index (κ3) is 2.70. The third-order valence-electron chi connectivity index (χ3n) is 3.31. The summed E-state index contributed by atoms with van der Waals surface area (Å²) >= 11 is 0. The average Bonchev–Trinajstić information content (AvgIpc) is 2.93. The van der Waals surface area contributed by atoms with Gasteiger partial charge in [0.2, 0.25) is 6.39 Å². The Morgan fingerprint density at radius 3 is 2.74 bits per heavy atom. The minimum atomic E-state index is 0.742. The van der Waals surface area contributed by atoms with E-state index in [0.29, 0.717) is 0 Å². The maximum Gasteiger partial charge on any atom is 0.213 e. The summed E-state index contributed by atoms with van der Waals surface area (Å²) < 4.78 is 4.75. The van der Waals surface area contributed by atoms with E-state index >= 15 is 0 Å². The molecule has 0 saturated carbocycles. The highest BCUT2D eigenvalue weighted by atomic mass is 16.5. The van der Waals surface area contributed by atoms with Gasteiger partial charge < -0.3 is 9.42 Å². The quantitative estimate of drug-likeness (QED) is 0.795. The second-order valence-corrected chi connectivity index (χ2v) is 4.64. The van der Waals surface area contributed by atoms with Crippen molar-refractivity contribution in [2.45, 2.75) is 13.5 Å². The van der Waals surface area contributed by atoms with Crippen molar-refractivity contribution in [3.05, 3.63) is 30.3 Å². The maximum absolute atomic E-state index is 4.75. The summed E-state index contributed by atoms with van der Waals surface area (Å²) in [7, 11) is 0. The van der Waals surface area contributed by atoms with Crippen LogP contribution in [0.4, 0.5) is 5.82 Å². The lowest BCUT2D eigenvalue weighted by Crippen LogP contribution is -2.46. The van der Waals surface area contributed by atoms with E-state index in [2.05, 4.69) is 29.9 Å². The molecule has 19 heavy (non-hydrogen) atoms. The van der Waals surface area contributed by atoms with Crippen molar-refractivity contribution < 1.29 is 4.52 Å². The molecule has 1 aliphatic rings. The van der Waals surface area contributed by atoms with Crippen LogP contribution in [0.15, 0.2) is 23.4 Å². The van der Waals surface area contributed by atoms with E-state index < -0.39 is 0 Å². The molecule has 0 radical (unpaired) electrons. The number of piperazine rings is 1. The standard InChI is InChI=1S/C12H16N6O/c1-10-6-13-8-14-12(10)18-4-2-17(3-5-18)7-11-15-9-19-16-11/h6,8-9H,2-5,7H2,1H3. The Bertz CT molecular complexity index is 521. The highest BCUT2D eigenvalue weighted by Crippen LogP contribution is 2.17. The topological polar surface area (TPSA) is 71.2 Å². The summed E-state index contributed by atoms with van der Waals surface area (Å²) in [5, 5.41) is 3.84. The van der Waals surface area contributed by atoms with E-state index in [-0.39, 0.29) is 0 Å². The van der Waals surface area contributed by atoms with Crippen LogP contribution in [0.1, 0.15) is 11.4 Å². The summed E-state index contributed by atoms with van der Waals surface area (Å²) in [5.41, 5.74) is 1.12. The SMILES string of the molecule is Cc1cncnc1N1CCN(Cc2ncon2)CC1. The van der Waals surface area contributed by atoms with Crippen molar-refractivity contribution >= 4 is 5.82 Å². The zero-order valence-electron chi connectivity index (χ0n) is 10.9. The van der Waals surface area contributed by atoms with Gasteiger partial charge in [-0.25, -0.2) is 9.97 Å². The molecule has 0 amide bonds. The molecule has 7 nitrogen and oxygen atoms in total. The predicted octanol–water partition coefficient (Wildman–Crippen LogP) is 0.490. The Morgan fingerprint density at radius 1 is 1.21 bits per heavy atom. The normalized spacial score (nSPS) is 16.8. The molecule has 0 N–H and O–H groups in total. The highest BCUT2D eigenvalue weighted by molar-refractivity contribution is 5.44. The van der Waals surface area contributed by atoms with Gasteiger partial charge in [0.25, 0.3) is 0 Å². The molecule has 2 aromatic rings. The molecule has 0 bridgehead atoms. The van der Waals surface area contributed by atoms with Crippen LogP contribution in [0.5, 0.6) is 0 Å². The zero-order valence-corrected chi connectivity index (χ0v) is 10.9. The van der Waals surface area contributed by atoms with Gasteiger partial charge in [-0.1, -0.05) is 5.16 Å². The number of rotatable bonds is 3. The number of hydrogen-bond acceptors (Lipinski definition) is 7. The van der Waals surface area contributed by atoms with Crippen LogP contribution in [0.25, 0.3) is 0 Å². The zero-order chi connectivity index (χ0) is 13.1. The van der Waals surface area contributed by atoms with Crippen LogP contribution in [-0.4, -0.2) is 51.2 Å². The fraction of sp³-hybridized carbons (Fsp3) is 0.500. The first-order valence-corrected chi connectivity index (χ1v) is 6.32. The Morgan fingerprint density at radius 2 is 2.05 bits per heavy atom. The van der Waals surface area contributed by atoms with E-state index in [0.717, 1.165) is 49.9 Å². The fourth-order valence-corrected chi connectivity index (χ4v) is 2.30. The fourth-order valence-electron chi connectivity index (χ4n) is 2.30. The van der Waals surface area contributed by atoms with Crippen LogP contribution in [0.3, 0.4) is 0 Å². The summed E-state index contributed by atoms with van der Waals surface area (Å²) in [6.07, 6.45) is 4.83. The number of anilines is 1. The smallest absolute Gasteiger partial charge is 0.213 e. The first-order valence-electron chi connectivity index (χ1n) is 6.32. The second-order valence-electron chi connectivity index (χ2n) is 4.64. The molecular formula is C12H16N6O. The van der Waals surface area contributed by atoms with Gasteiger partial charge >= 0.3 is 0 Å². The number of aromatic nitrogens is 4. The van der Waals surface area contributed by atoms with Gasteiger partial charge in [0, 0.05) is 37.9 Å². The van der Waals surface area contributed by atoms with E-state index in [9.17, 15) is 0 Å². The lowest BCUT2D eigenvalue weighted by Gasteiger charge is -2.35. The van der Waals surface area contributed by atoms with Crippen LogP contribution in [0, 0.1) is 6.92 Å². The lowest BCUT2D eigenvalue weighted by atomic mass is 10.2. The monoisotopic (exact) mass is 260 g/mol. The lowest BCUT2D eigenvalue weighted by molar-refractivity contribution is 0.239. The Labute approximate surface area is 111 Å². The number of nitrogens with zero attached hydrogens (tertiary/aromatic N) is 6. The largest absolute Gasteiger partial charge is 0.354 e. The van der Waals surface area contributed by atoms with Crippen LogP contribution < -0.4 is 4.90 Å². The molecule has 0 aromatic carbocycles. The van der Waals surface area contributed by atoms with Crippen molar-refractivity contribution in [2.24, 2.45) is 0 Å². The van der Waals surface area contributed by atoms with Crippen molar-refractivity contribution in [3.8, 4) is 0 Å². The molecule has 1 fully saturated rings. The minimum Gasteiger partial charge on any atom is -0.354 e. The van der Waals surface area contributed by atoms with Crippen molar-refractivity contribution in [3.63, 3.8) is 0 Å². The molecule has 0 aliphatic carbocycles. The summed E-state index contributed by atoms with van der Waals surface area (Å²) in [6.45, 7) is 6.63. The Hall–Kier alpha value is -2.02. The molecular weight excluding hydrogens is 244 g/mol. The molecule has 2 aromatic heterocycles. The van der Waals surface area contributed by atoms with Crippen molar-refractivity contribution in [1.82, 2.24) is 25.0 Å². The maximum atomic E-state index is 4.75. The van der Waals surface area contributed by atoms with Gasteiger partial charge in [0.15, 0.2) is 5.82 Å². The first kappa shape index (κ1) is 12.0. The molecule has 3 heterocycles. The van der Waals surface area contributed by atoms with Crippen molar-refractivity contribution in [1.29, 1.82) is 0 Å². The second kappa shape index (κ2) is 5.31. The van der Waals surface area contributed by atoms with Gasteiger partial charge in [-0.05, 0) is 6.92 Å². The first-order chi connectivity index (χ1) is 9.33. The molecule has 1 saturated heterocycles. The number of hydrogen-bond donors (Lipinski definition) is 0. The summed E-state index contributed by atoms with van der Waals surface area (Å²) in [6, 6.07) is 0. The predicted molar refractivity (Wildman–Crippen MR) is 68.6 cm³/mol. The minimum absolute atomic E-state index is 0.742. The Balaban J connectivity index is 1.59. The van der Waals surface area contributed by atoms with Gasteiger partial charge in [0.05, 0.1) is 6.54 Å². The van der Waals surface area contributed by atoms with Gasteiger partial charge in [-0.15, -0.1) is 0 Å². The van der Waals surface area contributed by atoms with Crippen LogP contribution in [0.2, 0.25) is 0 Å². The van der Waals surface area contributed by atoms with Gasteiger partial charge in [-0.3, -0.25) is 4.90 Å². The molecule has 0 unspecified atom stereocenters. The molecule has 7 heteroatoms. The summed E-state index contributed by atoms with van der Waals surface area (Å²) in [5.74, 6) is 1.78. The van der Waals surface area contributed by atoms with E-state index in [4.69, 9.17) is 4.52 Å². The van der Waals surface area contributed by atoms with E-state index in [1.54, 1.807) is 6.33 Å². The van der Waals surface area contributed by atoms with Gasteiger partial charge in [-0.2, -0.15) is 4.98 Å². The molecule has 100 valence electrons. The third-order valence-corrected chi connectivity index (χ3v) is 3.31. The number of aryl methyl sites for hydroxylation is 1. The highest BCUT2D eigenvalue weighted by Gasteiger charge is 2.20. The molecule has 0 atom stereocenters. The Kier molecular flexibility index (Phi) is 3.37.